The quantitative estimate of drug-likeness (QED) is 0.472. The number of esters is 1. The molecule has 0 bridgehead atoms. The smallest absolute Gasteiger partial charge is 0.410 e. The molecular formula is C27H39N5O5. The van der Waals surface area contributed by atoms with E-state index in [2.05, 4.69) is 10.3 Å². The van der Waals surface area contributed by atoms with Gasteiger partial charge in [-0.3, -0.25) is 4.79 Å². The molecule has 2 saturated carbocycles. The number of pyridine rings is 1. The first-order valence-electron chi connectivity index (χ1n) is 13.4. The van der Waals surface area contributed by atoms with Gasteiger partial charge in [0, 0.05) is 20.1 Å². The Balaban J connectivity index is 1.40. The molecule has 2 aromatic rings. The van der Waals surface area contributed by atoms with E-state index in [9.17, 15) is 9.59 Å². The third-order valence-electron chi connectivity index (χ3n) is 7.32. The molecule has 2 atom stereocenters. The molecule has 202 valence electrons. The summed E-state index contributed by atoms with van der Waals surface area (Å²) in [7, 11) is 3.57. The second-order valence-corrected chi connectivity index (χ2v) is 10.5. The third kappa shape index (κ3) is 6.59. The molecule has 1 amide bonds. The Morgan fingerprint density at radius 2 is 1.89 bits per heavy atom. The van der Waals surface area contributed by atoms with Crippen LogP contribution in [0.15, 0.2) is 12.1 Å². The predicted octanol–water partition coefficient (Wildman–Crippen LogP) is 4.59. The molecule has 0 radical (unpaired) electrons. The first-order valence-corrected chi connectivity index (χ1v) is 13.4. The Bertz CT molecular complexity index is 1090. The van der Waals surface area contributed by atoms with Gasteiger partial charge in [-0.2, -0.15) is 0 Å². The normalized spacial score (nSPS) is 20.2. The van der Waals surface area contributed by atoms with Crippen LogP contribution in [-0.4, -0.2) is 62.2 Å². The number of rotatable bonds is 8. The minimum atomic E-state index is -0.338. The molecular weight excluding hydrogens is 474 g/mol. The zero-order valence-electron chi connectivity index (χ0n) is 22.6. The molecule has 1 unspecified atom stereocenters. The molecule has 10 heteroatoms. The number of ether oxygens (including phenoxy) is 3. The van der Waals surface area contributed by atoms with Gasteiger partial charge < -0.3 is 19.1 Å². The lowest BCUT2D eigenvalue weighted by Crippen LogP contribution is -2.35. The van der Waals surface area contributed by atoms with E-state index in [-0.39, 0.29) is 42.8 Å². The molecule has 37 heavy (non-hydrogen) atoms. The van der Waals surface area contributed by atoms with Crippen LogP contribution in [-0.2, 0) is 27.9 Å². The molecule has 2 aliphatic rings. The summed E-state index contributed by atoms with van der Waals surface area (Å²) in [5.74, 6) is 0.409. The fourth-order valence-corrected chi connectivity index (χ4v) is 5.19. The Hall–Kier alpha value is -3.17. The van der Waals surface area contributed by atoms with Crippen LogP contribution in [0.5, 0.6) is 5.75 Å². The van der Waals surface area contributed by atoms with Crippen LogP contribution < -0.4 is 4.74 Å². The van der Waals surface area contributed by atoms with Crippen LogP contribution in [0.3, 0.4) is 0 Å². The van der Waals surface area contributed by atoms with Crippen molar-refractivity contribution in [3.63, 3.8) is 0 Å². The number of aromatic nitrogens is 4. The summed E-state index contributed by atoms with van der Waals surface area (Å²) in [5.41, 5.74) is 2.60. The summed E-state index contributed by atoms with van der Waals surface area (Å²) in [6.07, 6.45) is 7.10. The lowest BCUT2D eigenvalue weighted by Gasteiger charge is -2.29. The van der Waals surface area contributed by atoms with Gasteiger partial charge in [-0.1, -0.05) is 18.1 Å². The average molecular weight is 514 g/mol. The van der Waals surface area contributed by atoms with Crippen molar-refractivity contribution in [1.29, 1.82) is 0 Å². The number of amides is 1. The highest BCUT2D eigenvalue weighted by Gasteiger charge is 2.30. The topological polar surface area (TPSA) is 109 Å². The Morgan fingerprint density at radius 3 is 2.59 bits per heavy atom. The van der Waals surface area contributed by atoms with E-state index in [1.165, 1.54) is 0 Å². The minimum Gasteiger partial charge on any atom is -0.489 e. The maximum atomic E-state index is 12.6. The maximum Gasteiger partial charge on any atom is 0.410 e. The predicted molar refractivity (Wildman–Crippen MR) is 137 cm³/mol. The Labute approximate surface area is 218 Å². The zero-order chi connectivity index (χ0) is 26.5. The summed E-state index contributed by atoms with van der Waals surface area (Å²) >= 11 is 0. The monoisotopic (exact) mass is 513 g/mol. The van der Waals surface area contributed by atoms with E-state index >= 15 is 0 Å². The number of hydrogen-bond donors (Lipinski definition) is 0. The summed E-state index contributed by atoms with van der Waals surface area (Å²) in [6.45, 7) is 5.68. The Morgan fingerprint density at radius 1 is 1.14 bits per heavy atom. The molecule has 2 fully saturated rings. The molecule has 0 spiro atoms. The van der Waals surface area contributed by atoms with E-state index in [0.29, 0.717) is 29.3 Å². The molecule has 4 rings (SSSR count). The lowest BCUT2D eigenvalue weighted by atomic mass is 9.87. The number of carbonyl (C=O) groups is 2. The van der Waals surface area contributed by atoms with Crippen LogP contribution in [0, 0.1) is 12.8 Å². The third-order valence-corrected chi connectivity index (χ3v) is 7.32. The maximum absolute atomic E-state index is 12.6. The highest BCUT2D eigenvalue weighted by Crippen LogP contribution is 2.31. The van der Waals surface area contributed by atoms with Crippen LogP contribution >= 0.6 is 0 Å². The SMILES string of the molecule is Cc1nc(-c2nnn(C)c2COC(=O)N(C)C2CCCC2)ccc1O[C@H]1CCCC(C(=O)OC(C)C)C1. The molecule has 0 N–H and O–H groups in total. The average Bonchev–Trinajstić information content (AvgIpc) is 3.53. The second-order valence-electron chi connectivity index (χ2n) is 10.5. The molecule has 0 saturated heterocycles. The fraction of sp³-hybridized carbons (Fsp3) is 0.667. The summed E-state index contributed by atoms with van der Waals surface area (Å²) in [6, 6.07) is 3.97. The summed E-state index contributed by atoms with van der Waals surface area (Å²) < 4.78 is 18.9. The van der Waals surface area contributed by atoms with Gasteiger partial charge in [0.25, 0.3) is 0 Å². The van der Waals surface area contributed by atoms with Gasteiger partial charge >= 0.3 is 12.1 Å². The minimum absolute atomic E-state index is 0.0592. The molecule has 0 aliphatic heterocycles. The van der Waals surface area contributed by atoms with Crippen molar-refractivity contribution >= 4 is 12.1 Å². The number of hydrogen-bond acceptors (Lipinski definition) is 8. The molecule has 10 nitrogen and oxygen atoms in total. The van der Waals surface area contributed by atoms with Gasteiger partial charge in [-0.15, -0.1) is 5.10 Å². The van der Waals surface area contributed by atoms with Gasteiger partial charge in [-0.25, -0.2) is 14.5 Å². The van der Waals surface area contributed by atoms with E-state index in [1.807, 2.05) is 32.9 Å². The molecule has 2 heterocycles. The van der Waals surface area contributed by atoms with Gasteiger partial charge in [-0.05, 0) is 71.4 Å². The van der Waals surface area contributed by atoms with Crippen LogP contribution in [0.25, 0.3) is 11.4 Å². The first-order chi connectivity index (χ1) is 17.7. The number of nitrogens with zero attached hydrogens (tertiary/aromatic N) is 5. The van der Waals surface area contributed by atoms with Crippen molar-refractivity contribution < 1.29 is 23.8 Å². The van der Waals surface area contributed by atoms with Crippen molar-refractivity contribution in [2.45, 2.75) is 97.0 Å². The van der Waals surface area contributed by atoms with E-state index in [4.69, 9.17) is 19.2 Å². The van der Waals surface area contributed by atoms with Crippen molar-refractivity contribution in [1.82, 2.24) is 24.9 Å². The zero-order valence-corrected chi connectivity index (χ0v) is 22.6. The highest BCUT2D eigenvalue weighted by molar-refractivity contribution is 5.72. The van der Waals surface area contributed by atoms with Gasteiger partial charge in [0.15, 0.2) is 0 Å². The lowest BCUT2D eigenvalue weighted by molar-refractivity contribution is -0.154. The fourth-order valence-electron chi connectivity index (χ4n) is 5.19. The van der Waals surface area contributed by atoms with Crippen LogP contribution in [0.4, 0.5) is 4.79 Å². The van der Waals surface area contributed by atoms with Gasteiger partial charge in [0.2, 0.25) is 0 Å². The summed E-state index contributed by atoms with van der Waals surface area (Å²) in [5, 5.41) is 8.41. The largest absolute Gasteiger partial charge is 0.489 e. The van der Waals surface area contributed by atoms with Crippen molar-refractivity contribution in [2.75, 3.05) is 7.05 Å². The Kier molecular flexibility index (Phi) is 8.66. The van der Waals surface area contributed by atoms with E-state index in [0.717, 1.165) is 50.6 Å². The first kappa shape index (κ1) is 26.9. The van der Waals surface area contributed by atoms with Gasteiger partial charge in [0.05, 0.1) is 29.5 Å². The van der Waals surface area contributed by atoms with E-state index in [1.54, 1.807) is 23.7 Å². The number of carbonyl (C=O) groups excluding carboxylic acids is 2. The molecule has 2 aromatic heterocycles. The van der Waals surface area contributed by atoms with Crippen molar-refractivity contribution in [2.24, 2.45) is 13.0 Å². The second kappa shape index (κ2) is 11.9. The van der Waals surface area contributed by atoms with Gasteiger partial charge in [0.1, 0.15) is 23.7 Å². The number of aryl methyl sites for hydroxylation is 2. The molecule has 2 aliphatic carbocycles. The standard InChI is InChI=1S/C27H39N5O5/c1-17(2)36-26(33)19-9-8-12-21(15-19)37-24-14-13-22(28-18(24)3)25-23(32(5)30-29-25)16-35-27(34)31(4)20-10-6-7-11-20/h13-14,17,19-21H,6-12,15-16H2,1-5H3/t19?,21-/m0/s1. The van der Waals surface area contributed by atoms with Crippen LogP contribution in [0.2, 0.25) is 0 Å². The van der Waals surface area contributed by atoms with Crippen LogP contribution in [0.1, 0.15) is 76.6 Å². The molecule has 0 aromatic carbocycles. The van der Waals surface area contributed by atoms with Crippen molar-refractivity contribution in [3.8, 4) is 17.1 Å². The summed E-state index contributed by atoms with van der Waals surface area (Å²) in [4.78, 5) is 31.4. The van der Waals surface area contributed by atoms with E-state index < -0.39 is 0 Å². The van der Waals surface area contributed by atoms with Crippen molar-refractivity contribution in [3.05, 3.63) is 23.5 Å². The highest BCUT2D eigenvalue weighted by atomic mass is 16.6.